The van der Waals surface area contributed by atoms with Gasteiger partial charge in [0.15, 0.2) is 0 Å². The van der Waals surface area contributed by atoms with Gasteiger partial charge in [-0.3, -0.25) is 4.79 Å². The van der Waals surface area contributed by atoms with E-state index in [1.807, 2.05) is 6.92 Å². The highest BCUT2D eigenvalue weighted by molar-refractivity contribution is 7.90. The van der Waals surface area contributed by atoms with Crippen LogP contribution in [0.25, 0.3) is 0 Å². The number of benzene rings is 1. The minimum absolute atomic E-state index is 0.0514. The van der Waals surface area contributed by atoms with Crippen molar-refractivity contribution in [1.82, 2.24) is 4.31 Å². The Morgan fingerprint density at radius 1 is 1.24 bits per heavy atom. The van der Waals surface area contributed by atoms with Crippen LogP contribution in [-0.4, -0.2) is 36.3 Å². The molecule has 0 atom stereocenters. The van der Waals surface area contributed by atoms with E-state index in [0.717, 1.165) is 29.6 Å². The van der Waals surface area contributed by atoms with E-state index in [-0.39, 0.29) is 22.6 Å². The Balaban J connectivity index is 2.29. The number of carboxylic acid groups (broad SMARTS) is 1. The Labute approximate surface area is 123 Å². The molecule has 114 valence electrons. The van der Waals surface area contributed by atoms with Crippen molar-refractivity contribution in [3.63, 3.8) is 0 Å². The van der Waals surface area contributed by atoms with E-state index in [0.29, 0.717) is 6.42 Å². The normalized spacial score (nSPS) is 16.0. The fraction of sp³-hybridized carbons (Fsp3) is 0.429. The van der Waals surface area contributed by atoms with Gasteiger partial charge in [-0.1, -0.05) is 26.2 Å². The zero-order chi connectivity index (χ0) is 15.6. The molecule has 0 aliphatic carbocycles. The van der Waals surface area contributed by atoms with Gasteiger partial charge in [0.1, 0.15) is 4.90 Å². The summed E-state index contributed by atoms with van der Waals surface area (Å²) in [7, 11) is -3.92. The van der Waals surface area contributed by atoms with E-state index in [2.05, 4.69) is 0 Å². The number of unbranched alkanes of at least 4 members (excludes halogenated alkanes) is 3. The fourth-order valence-electron chi connectivity index (χ4n) is 2.31. The summed E-state index contributed by atoms with van der Waals surface area (Å²) in [6, 6.07) is 3.57. The minimum atomic E-state index is -3.92. The van der Waals surface area contributed by atoms with Crippen LogP contribution in [0.15, 0.2) is 23.1 Å². The van der Waals surface area contributed by atoms with Crippen LogP contribution < -0.4 is 0 Å². The van der Waals surface area contributed by atoms with Crippen LogP contribution in [-0.2, 0) is 10.0 Å². The average molecular weight is 311 g/mol. The summed E-state index contributed by atoms with van der Waals surface area (Å²) >= 11 is 0. The van der Waals surface area contributed by atoms with E-state index in [1.165, 1.54) is 12.1 Å². The third kappa shape index (κ3) is 2.78. The summed E-state index contributed by atoms with van der Waals surface area (Å²) in [5.74, 6) is -1.79. The lowest BCUT2D eigenvalue weighted by molar-refractivity contribution is 0.0695. The first kappa shape index (κ1) is 15.5. The first-order valence-electron chi connectivity index (χ1n) is 6.84. The number of rotatable bonds is 6. The molecule has 0 fully saturated rings. The van der Waals surface area contributed by atoms with Crippen LogP contribution in [0.5, 0.6) is 0 Å². The predicted molar refractivity (Wildman–Crippen MR) is 75.8 cm³/mol. The molecule has 0 bridgehead atoms. The quantitative estimate of drug-likeness (QED) is 0.812. The highest BCUT2D eigenvalue weighted by Crippen LogP contribution is 2.31. The molecule has 0 aromatic heterocycles. The number of aromatic carboxylic acids is 1. The zero-order valence-corrected chi connectivity index (χ0v) is 12.5. The molecular weight excluding hydrogens is 294 g/mol. The van der Waals surface area contributed by atoms with Crippen LogP contribution in [0.1, 0.15) is 53.3 Å². The lowest BCUT2D eigenvalue weighted by atomic mass is 10.1. The molecule has 2 rings (SSSR count). The summed E-state index contributed by atoms with van der Waals surface area (Å²) in [5.41, 5.74) is -0.0894. The molecule has 1 aromatic carbocycles. The maximum atomic E-state index is 12.3. The molecule has 0 spiro atoms. The largest absolute Gasteiger partial charge is 0.478 e. The third-order valence-electron chi connectivity index (χ3n) is 3.47. The second-order valence-electron chi connectivity index (χ2n) is 4.96. The summed E-state index contributed by atoms with van der Waals surface area (Å²) < 4.78 is 25.5. The van der Waals surface area contributed by atoms with Gasteiger partial charge in [0, 0.05) is 6.54 Å². The molecule has 1 N–H and O–H groups in total. The molecule has 1 aliphatic heterocycles. The van der Waals surface area contributed by atoms with Gasteiger partial charge in [-0.25, -0.2) is 17.5 Å². The number of hydrogen-bond acceptors (Lipinski definition) is 4. The Hall–Kier alpha value is -1.89. The van der Waals surface area contributed by atoms with Gasteiger partial charge in [-0.05, 0) is 24.6 Å². The Morgan fingerprint density at radius 2 is 1.95 bits per heavy atom. The lowest BCUT2D eigenvalue weighted by Crippen LogP contribution is -2.30. The lowest BCUT2D eigenvalue weighted by Gasteiger charge is -2.14. The maximum Gasteiger partial charge on any atom is 0.335 e. The molecular formula is C14H17NO5S. The van der Waals surface area contributed by atoms with Gasteiger partial charge in [-0.2, -0.15) is 0 Å². The van der Waals surface area contributed by atoms with Crippen molar-refractivity contribution in [1.29, 1.82) is 0 Å². The summed E-state index contributed by atoms with van der Waals surface area (Å²) in [6.07, 6.45) is 3.46. The first-order chi connectivity index (χ1) is 9.89. The van der Waals surface area contributed by atoms with E-state index in [4.69, 9.17) is 5.11 Å². The number of amides is 1. The third-order valence-corrected chi connectivity index (χ3v) is 5.29. The highest BCUT2D eigenvalue weighted by Gasteiger charge is 2.41. The van der Waals surface area contributed by atoms with Crippen LogP contribution in [0.4, 0.5) is 0 Å². The molecule has 0 saturated heterocycles. The molecule has 21 heavy (non-hydrogen) atoms. The van der Waals surface area contributed by atoms with Crippen molar-refractivity contribution in [3.05, 3.63) is 29.3 Å². The molecule has 7 heteroatoms. The van der Waals surface area contributed by atoms with E-state index in [1.54, 1.807) is 0 Å². The molecule has 1 aromatic rings. The SMILES string of the molecule is CCCCCCN1C(=O)c2ccc(C(=O)O)cc2S1(=O)=O. The van der Waals surface area contributed by atoms with E-state index >= 15 is 0 Å². The van der Waals surface area contributed by atoms with E-state index in [9.17, 15) is 18.0 Å². The standard InChI is InChI=1S/C14H17NO5S/c1-2-3-4-5-8-15-13(16)11-7-6-10(14(17)18)9-12(11)21(15,19)20/h6-7,9H,2-5,8H2,1H3,(H,17,18). The van der Waals surface area contributed by atoms with Crippen molar-refractivity contribution in [2.24, 2.45) is 0 Å². The highest BCUT2D eigenvalue weighted by atomic mass is 32.2. The fourth-order valence-corrected chi connectivity index (χ4v) is 3.94. The summed E-state index contributed by atoms with van der Waals surface area (Å²) in [6.45, 7) is 2.18. The molecule has 1 amide bonds. The molecule has 6 nitrogen and oxygen atoms in total. The number of carbonyl (C=O) groups is 2. The van der Waals surface area contributed by atoms with Gasteiger partial charge < -0.3 is 5.11 Å². The van der Waals surface area contributed by atoms with Crippen molar-refractivity contribution >= 4 is 21.9 Å². The molecule has 0 unspecified atom stereocenters. The number of hydrogen-bond donors (Lipinski definition) is 1. The number of nitrogens with zero attached hydrogens (tertiary/aromatic N) is 1. The van der Waals surface area contributed by atoms with Gasteiger partial charge >= 0.3 is 5.97 Å². The van der Waals surface area contributed by atoms with Crippen LogP contribution in [0.2, 0.25) is 0 Å². The van der Waals surface area contributed by atoms with Crippen LogP contribution in [0.3, 0.4) is 0 Å². The smallest absolute Gasteiger partial charge is 0.335 e. The number of carbonyl (C=O) groups excluding carboxylic acids is 1. The summed E-state index contributed by atoms with van der Waals surface area (Å²) in [5, 5.41) is 8.93. The van der Waals surface area contributed by atoms with Crippen molar-refractivity contribution in [2.45, 2.75) is 37.5 Å². The number of fused-ring (bicyclic) bond motifs is 1. The Morgan fingerprint density at radius 3 is 2.57 bits per heavy atom. The van der Waals surface area contributed by atoms with Crippen molar-refractivity contribution < 1.29 is 23.1 Å². The topological polar surface area (TPSA) is 91.8 Å². The molecule has 1 heterocycles. The minimum Gasteiger partial charge on any atom is -0.478 e. The first-order valence-corrected chi connectivity index (χ1v) is 8.28. The Kier molecular flexibility index (Phi) is 4.32. The van der Waals surface area contributed by atoms with Crippen LogP contribution >= 0.6 is 0 Å². The van der Waals surface area contributed by atoms with E-state index < -0.39 is 21.9 Å². The van der Waals surface area contributed by atoms with Crippen LogP contribution in [0, 0.1) is 0 Å². The summed E-state index contributed by atoms with van der Waals surface area (Å²) in [4.78, 5) is 22.9. The maximum absolute atomic E-state index is 12.3. The van der Waals surface area contributed by atoms with Gasteiger partial charge in [0.25, 0.3) is 15.9 Å². The second kappa shape index (κ2) is 5.85. The second-order valence-corrected chi connectivity index (χ2v) is 6.79. The number of carboxylic acids is 1. The Bertz CT molecular complexity index is 681. The van der Waals surface area contributed by atoms with Gasteiger partial charge in [0.05, 0.1) is 11.1 Å². The number of sulfonamides is 1. The molecule has 1 aliphatic rings. The van der Waals surface area contributed by atoms with Crippen molar-refractivity contribution in [2.75, 3.05) is 6.54 Å². The zero-order valence-electron chi connectivity index (χ0n) is 11.7. The predicted octanol–water partition coefficient (Wildman–Crippen LogP) is 2.11. The molecule has 0 saturated carbocycles. The molecule has 0 radical (unpaired) electrons. The van der Waals surface area contributed by atoms with Gasteiger partial charge in [-0.15, -0.1) is 0 Å². The van der Waals surface area contributed by atoms with Crippen molar-refractivity contribution in [3.8, 4) is 0 Å². The monoisotopic (exact) mass is 311 g/mol. The average Bonchev–Trinajstić information content (AvgIpc) is 2.63. The van der Waals surface area contributed by atoms with Gasteiger partial charge in [0.2, 0.25) is 0 Å².